The molecule has 4 nitrogen and oxygen atoms in total. The highest BCUT2D eigenvalue weighted by Crippen LogP contribution is 2.28. The van der Waals surface area contributed by atoms with Gasteiger partial charge in [-0.25, -0.2) is 0 Å². The van der Waals surface area contributed by atoms with Gasteiger partial charge in [-0.05, 0) is 23.6 Å². The fourth-order valence-electron chi connectivity index (χ4n) is 2.34. The first kappa shape index (κ1) is 15.3. The normalized spacial score (nSPS) is 25.6. The molecule has 2 rings (SSSR count). The Morgan fingerprint density at radius 1 is 1.20 bits per heavy atom. The van der Waals surface area contributed by atoms with Gasteiger partial charge in [0.05, 0.1) is 13.2 Å². The van der Waals surface area contributed by atoms with E-state index >= 15 is 0 Å². The van der Waals surface area contributed by atoms with E-state index in [-0.39, 0.29) is 18.2 Å². The Bertz CT molecular complexity index is 405. The Kier molecular flexibility index (Phi) is 5.40. The second kappa shape index (κ2) is 7.07. The minimum Gasteiger partial charge on any atom is -0.488 e. The van der Waals surface area contributed by atoms with Crippen LogP contribution in [0, 0.1) is 0 Å². The van der Waals surface area contributed by atoms with Gasteiger partial charge in [0, 0.05) is 19.6 Å². The van der Waals surface area contributed by atoms with E-state index in [9.17, 15) is 0 Å². The first-order chi connectivity index (χ1) is 9.61. The number of hydrogen-bond acceptors (Lipinski definition) is 4. The van der Waals surface area contributed by atoms with Crippen molar-refractivity contribution in [2.45, 2.75) is 44.4 Å². The summed E-state index contributed by atoms with van der Waals surface area (Å²) in [4.78, 5) is 0. The molecule has 3 unspecified atom stereocenters. The number of methoxy groups -OCH3 is 1. The topological polar surface area (TPSA) is 53.7 Å². The van der Waals surface area contributed by atoms with E-state index in [0.717, 1.165) is 12.2 Å². The lowest BCUT2D eigenvalue weighted by molar-refractivity contribution is -0.107. The van der Waals surface area contributed by atoms with Gasteiger partial charge in [0.25, 0.3) is 0 Å². The van der Waals surface area contributed by atoms with E-state index in [2.05, 4.69) is 26.0 Å². The molecule has 0 spiro atoms. The molecule has 0 amide bonds. The van der Waals surface area contributed by atoms with Gasteiger partial charge in [0.1, 0.15) is 18.0 Å². The highest BCUT2D eigenvalue weighted by atomic mass is 16.6. The second-order valence-corrected chi connectivity index (χ2v) is 5.61. The highest BCUT2D eigenvalue weighted by molar-refractivity contribution is 5.29. The molecule has 0 radical (unpaired) electrons. The van der Waals surface area contributed by atoms with Gasteiger partial charge in [-0.15, -0.1) is 0 Å². The zero-order valence-electron chi connectivity index (χ0n) is 12.5. The van der Waals surface area contributed by atoms with Gasteiger partial charge >= 0.3 is 0 Å². The van der Waals surface area contributed by atoms with Crippen molar-refractivity contribution >= 4 is 0 Å². The molecule has 1 saturated carbocycles. The summed E-state index contributed by atoms with van der Waals surface area (Å²) in [7, 11) is 1.66. The molecular weight excluding hydrogens is 254 g/mol. The SMILES string of the molecule is COCCOC1C(N)CC1Oc1ccc(C(C)C)cc1. The first-order valence-electron chi connectivity index (χ1n) is 7.24. The number of benzene rings is 1. The summed E-state index contributed by atoms with van der Waals surface area (Å²) in [6, 6.07) is 8.32. The molecule has 4 heteroatoms. The van der Waals surface area contributed by atoms with Crippen molar-refractivity contribution in [2.75, 3.05) is 20.3 Å². The average Bonchev–Trinajstić information content (AvgIpc) is 2.43. The van der Waals surface area contributed by atoms with Crippen molar-refractivity contribution in [2.24, 2.45) is 5.73 Å². The number of hydrogen-bond donors (Lipinski definition) is 1. The summed E-state index contributed by atoms with van der Waals surface area (Å²) < 4.78 is 16.6. The minimum absolute atomic E-state index is 0.0325. The monoisotopic (exact) mass is 279 g/mol. The summed E-state index contributed by atoms with van der Waals surface area (Å²) in [5, 5.41) is 0. The quantitative estimate of drug-likeness (QED) is 0.778. The smallest absolute Gasteiger partial charge is 0.128 e. The molecule has 20 heavy (non-hydrogen) atoms. The number of nitrogens with two attached hydrogens (primary N) is 1. The van der Waals surface area contributed by atoms with E-state index in [1.54, 1.807) is 7.11 Å². The molecule has 1 fully saturated rings. The lowest BCUT2D eigenvalue weighted by atomic mass is 9.86. The fourth-order valence-corrected chi connectivity index (χ4v) is 2.34. The van der Waals surface area contributed by atoms with Crippen molar-refractivity contribution in [1.29, 1.82) is 0 Å². The van der Waals surface area contributed by atoms with E-state index < -0.39 is 0 Å². The van der Waals surface area contributed by atoms with Crippen LogP contribution in [-0.2, 0) is 9.47 Å². The standard InChI is InChI=1S/C16H25NO3/c1-11(2)12-4-6-13(7-5-12)20-15-10-14(17)16(15)19-9-8-18-3/h4-7,11,14-16H,8-10,17H2,1-3H3. The first-order valence-corrected chi connectivity index (χ1v) is 7.24. The molecule has 1 aromatic carbocycles. The largest absolute Gasteiger partial charge is 0.488 e. The van der Waals surface area contributed by atoms with Crippen LogP contribution in [0.25, 0.3) is 0 Å². The van der Waals surface area contributed by atoms with Crippen molar-refractivity contribution in [1.82, 2.24) is 0 Å². The zero-order valence-corrected chi connectivity index (χ0v) is 12.5. The summed E-state index contributed by atoms with van der Waals surface area (Å²) >= 11 is 0. The summed E-state index contributed by atoms with van der Waals surface area (Å²) in [5.74, 6) is 1.41. The van der Waals surface area contributed by atoms with Gasteiger partial charge in [-0.2, -0.15) is 0 Å². The third kappa shape index (κ3) is 3.72. The van der Waals surface area contributed by atoms with Crippen LogP contribution in [0.4, 0.5) is 0 Å². The Labute approximate surface area is 121 Å². The summed E-state index contributed by atoms with van der Waals surface area (Å²) in [6.07, 6.45) is 0.852. The van der Waals surface area contributed by atoms with Crippen LogP contribution in [0.3, 0.4) is 0 Å². The average molecular weight is 279 g/mol. The van der Waals surface area contributed by atoms with Crippen molar-refractivity contribution < 1.29 is 14.2 Å². The Hall–Kier alpha value is -1.10. The minimum atomic E-state index is -0.0325. The maximum Gasteiger partial charge on any atom is 0.128 e. The number of ether oxygens (including phenoxy) is 3. The van der Waals surface area contributed by atoms with E-state index in [0.29, 0.717) is 19.1 Å². The maximum atomic E-state index is 5.97. The van der Waals surface area contributed by atoms with E-state index in [1.165, 1.54) is 5.56 Å². The number of rotatable bonds is 7. The van der Waals surface area contributed by atoms with Crippen molar-refractivity contribution in [3.63, 3.8) is 0 Å². The van der Waals surface area contributed by atoms with Crippen LogP contribution in [0.2, 0.25) is 0 Å². The van der Waals surface area contributed by atoms with Gasteiger partial charge in [-0.3, -0.25) is 0 Å². The van der Waals surface area contributed by atoms with Crippen LogP contribution in [0.15, 0.2) is 24.3 Å². The lowest BCUT2D eigenvalue weighted by Gasteiger charge is -2.41. The molecule has 0 aliphatic heterocycles. The molecule has 0 saturated heterocycles. The van der Waals surface area contributed by atoms with Gasteiger partial charge < -0.3 is 19.9 Å². The third-order valence-corrected chi connectivity index (χ3v) is 3.72. The Balaban J connectivity index is 1.86. The molecule has 112 valence electrons. The molecule has 0 bridgehead atoms. The van der Waals surface area contributed by atoms with Gasteiger partial charge in [0.2, 0.25) is 0 Å². The Morgan fingerprint density at radius 2 is 1.90 bits per heavy atom. The van der Waals surface area contributed by atoms with Crippen molar-refractivity contribution in [3.05, 3.63) is 29.8 Å². The molecule has 2 N–H and O–H groups in total. The van der Waals surface area contributed by atoms with E-state index in [1.807, 2.05) is 12.1 Å². The Morgan fingerprint density at radius 3 is 2.45 bits per heavy atom. The predicted octanol–water partition coefficient (Wildman–Crippen LogP) is 2.32. The predicted molar refractivity (Wildman–Crippen MR) is 79.2 cm³/mol. The molecular formula is C16H25NO3. The second-order valence-electron chi connectivity index (χ2n) is 5.61. The van der Waals surface area contributed by atoms with Crippen molar-refractivity contribution in [3.8, 4) is 5.75 Å². The van der Waals surface area contributed by atoms with Crippen LogP contribution in [-0.4, -0.2) is 38.6 Å². The molecule has 0 heterocycles. The molecule has 1 aliphatic carbocycles. The molecule has 1 aromatic rings. The molecule has 3 atom stereocenters. The zero-order chi connectivity index (χ0) is 14.5. The van der Waals surface area contributed by atoms with Gasteiger partial charge in [-0.1, -0.05) is 26.0 Å². The summed E-state index contributed by atoms with van der Waals surface area (Å²) in [6.45, 7) is 5.50. The van der Waals surface area contributed by atoms with Crippen LogP contribution >= 0.6 is 0 Å². The fraction of sp³-hybridized carbons (Fsp3) is 0.625. The molecule has 0 aromatic heterocycles. The van der Waals surface area contributed by atoms with E-state index in [4.69, 9.17) is 19.9 Å². The van der Waals surface area contributed by atoms with Crippen LogP contribution in [0.1, 0.15) is 31.7 Å². The molecule has 1 aliphatic rings. The van der Waals surface area contributed by atoms with Crippen LogP contribution < -0.4 is 10.5 Å². The summed E-state index contributed by atoms with van der Waals surface area (Å²) in [5.41, 5.74) is 7.28. The third-order valence-electron chi connectivity index (χ3n) is 3.72. The van der Waals surface area contributed by atoms with Crippen LogP contribution in [0.5, 0.6) is 5.75 Å². The van der Waals surface area contributed by atoms with Gasteiger partial charge in [0.15, 0.2) is 0 Å². The highest BCUT2D eigenvalue weighted by Gasteiger charge is 2.41. The maximum absolute atomic E-state index is 5.97. The lowest BCUT2D eigenvalue weighted by Crippen LogP contribution is -2.59.